The van der Waals surface area contributed by atoms with Gasteiger partial charge in [0.25, 0.3) is 5.91 Å². The molecule has 2 amide bonds. The standard InChI is InChI=1S/C26H28N4O4/c1-3-23(31)28-18-14-16-30(17-18)26(2)15-13-22(24(27)32)25(29-26)34-21-11-9-20(10-12-21)33-19-7-5-4-6-8-19/h3-13,18H,1,14-17H2,2H3,(H2,27,32)(H,28,31)/t18-,26?/m0/s1. The molecule has 2 heterocycles. The first-order chi connectivity index (χ1) is 16.4. The van der Waals surface area contributed by atoms with E-state index in [4.69, 9.17) is 20.2 Å². The molecule has 1 fully saturated rings. The predicted molar refractivity (Wildman–Crippen MR) is 130 cm³/mol. The average Bonchev–Trinajstić information content (AvgIpc) is 3.30. The van der Waals surface area contributed by atoms with Crippen LogP contribution >= 0.6 is 0 Å². The number of ether oxygens (including phenoxy) is 2. The monoisotopic (exact) mass is 460 g/mol. The van der Waals surface area contributed by atoms with Crippen molar-refractivity contribution >= 4 is 17.7 Å². The Hall–Kier alpha value is -3.91. The molecule has 2 atom stereocenters. The van der Waals surface area contributed by atoms with Crippen molar-refractivity contribution in [2.45, 2.75) is 31.5 Å². The molecule has 0 radical (unpaired) electrons. The van der Waals surface area contributed by atoms with Gasteiger partial charge in [0, 0.05) is 25.6 Å². The Bertz CT molecular complexity index is 1130. The van der Waals surface area contributed by atoms with Crippen LogP contribution in [-0.4, -0.2) is 47.4 Å². The first-order valence-electron chi connectivity index (χ1n) is 11.2. The number of benzene rings is 2. The smallest absolute Gasteiger partial charge is 0.253 e. The highest BCUT2D eigenvalue weighted by atomic mass is 16.5. The van der Waals surface area contributed by atoms with Gasteiger partial charge in [-0.1, -0.05) is 30.9 Å². The maximum absolute atomic E-state index is 12.1. The zero-order valence-electron chi connectivity index (χ0n) is 19.1. The maximum Gasteiger partial charge on any atom is 0.253 e. The second kappa shape index (κ2) is 9.93. The normalized spacial score (nSPS) is 22.3. The molecule has 3 N–H and O–H groups in total. The summed E-state index contributed by atoms with van der Waals surface area (Å²) in [5.74, 6) is 1.29. The Morgan fingerprint density at radius 1 is 1.12 bits per heavy atom. The number of nitrogens with two attached hydrogens (primary N) is 1. The molecule has 0 aromatic heterocycles. The van der Waals surface area contributed by atoms with Crippen LogP contribution in [0, 0.1) is 0 Å². The number of nitrogens with zero attached hydrogens (tertiary/aromatic N) is 2. The number of likely N-dealkylation sites (tertiary alicyclic amines) is 1. The summed E-state index contributed by atoms with van der Waals surface area (Å²) in [5.41, 5.74) is 5.22. The lowest BCUT2D eigenvalue weighted by Gasteiger charge is -2.37. The summed E-state index contributed by atoms with van der Waals surface area (Å²) in [4.78, 5) is 30.7. The first-order valence-corrected chi connectivity index (χ1v) is 11.2. The Morgan fingerprint density at radius 3 is 2.41 bits per heavy atom. The van der Waals surface area contributed by atoms with Crippen molar-refractivity contribution in [1.29, 1.82) is 0 Å². The molecule has 1 unspecified atom stereocenters. The Balaban J connectivity index is 1.49. The molecule has 2 aromatic rings. The molecule has 34 heavy (non-hydrogen) atoms. The van der Waals surface area contributed by atoms with Crippen LogP contribution in [0.25, 0.3) is 0 Å². The molecule has 2 aliphatic rings. The van der Waals surface area contributed by atoms with E-state index >= 15 is 0 Å². The predicted octanol–water partition coefficient (Wildman–Crippen LogP) is 3.16. The second-order valence-corrected chi connectivity index (χ2v) is 8.45. The fraction of sp³-hybridized carbons (Fsp3) is 0.269. The van der Waals surface area contributed by atoms with Crippen LogP contribution in [0.4, 0.5) is 0 Å². The van der Waals surface area contributed by atoms with Crippen LogP contribution in [0.1, 0.15) is 19.8 Å². The van der Waals surface area contributed by atoms with Crippen LogP contribution in [0.15, 0.2) is 83.9 Å². The highest BCUT2D eigenvalue weighted by Crippen LogP contribution is 2.32. The third-order valence-electron chi connectivity index (χ3n) is 5.95. The fourth-order valence-corrected chi connectivity index (χ4v) is 4.08. The topological polar surface area (TPSA) is 106 Å². The van der Waals surface area contributed by atoms with Crippen molar-refractivity contribution in [1.82, 2.24) is 10.2 Å². The minimum atomic E-state index is -0.627. The molecule has 0 bridgehead atoms. The molecule has 4 rings (SSSR count). The van der Waals surface area contributed by atoms with Gasteiger partial charge < -0.3 is 20.5 Å². The molecule has 0 spiro atoms. The molecule has 0 aliphatic carbocycles. The van der Waals surface area contributed by atoms with Crippen molar-refractivity contribution in [2.75, 3.05) is 13.1 Å². The van der Waals surface area contributed by atoms with Crippen molar-refractivity contribution in [3.05, 3.63) is 78.9 Å². The van der Waals surface area contributed by atoms with Crippen LogP contribution < -0.4 is 20.5 Å². The van der Waals surface area contributed by atoms with Gasteiger partial charge in [0.15, 0.2) is 0 Å². The van der Waals surface area contributed by atoms with Crippen molar-refractivity contribution in [2.24, 2.45) is 10.7 Å². The lowest BCUT2D eigenvalue weighted by atomic mass is 10.0. The number of rotatable bonds is 7. The lowest BCUT2D eigenvalue weighted by molar-refractivity contribution is -0.117. The molecule has 2 aliphatic heterocycles. The van der Waals surface area contributed by atoms with E-state index in [-0.39, 0.29) is 23.4 Å². The summed E-state index contributed by atoms with van der Waals surface area (Å²) >= 11 is 0. The van der Waals surface area contributed by atoms with Gasteiger partial charge in [-0.15, -0.1) is 0 Å². The molecule has 0 saturated carbocycles. The quantitative estimate of drug-likeness (QED) is 0.618. The summed E-state index contributed by atoms with van der Waals surface area (Å²) < 4.78 is 11.8. The van der Waals surface area contributed by atoms with Gasteiger partial charge in [-0.2, -0.15) is 0 Å². The SMILES string of the molecule is C=CC(=O)N[C@H]1CCN(C2(C)CC=C(C(N)=O)C(Oc3ccc(Oc4ccccc4)cc3)=N2)C1. The van der Waals surface area contributed by atoms with Gasteiger partial charge in [0.05, 0.1) is 5.57 Å². The van der Waals surface area contributed by atoms with Crippen molar-refractivity contribution in [3.63, 3.8) is 0 Å². The highest BCUT2D eigenvalue weighted by Gasteiger charge is 2.40. The van der Waals surface area contributed by atoms with E-state index in [0.717, 1.165) is 18.7 Å². The van der Waals surface area contributed by atoms with Crippen LogP contribution in [0.3, 0.4) is 0 Å². The molecular weight excluding hydrogens is 432 g/mol. The third-order valence-corrected chi connectivity index (χ3v) is 5.95. The van der Waals surface area contributed by atoms with E-state index in [1.54, 1.807) is 30.3 Å². The largest absolute Gasteiger partial charge is 0.457 e. The van der Waals surface area contributed by atoms with Gasteiger partial charge in [-0.25, -0.2) is 4.99 Å². The van der Waals surface area contributed by atoms with E-state index in [9.17, 15) is 9.59 Å². The van der Waals surface area contributed by atoms with Gasteiger partial charge in [-0.3, -0.25) is 14.5 Å². The zero-order chi connectivity index (χ0) is 24.1. The van der Waals surface area contributed by atoms with Crippen LogP contribution in [-0.2, 0) is 9.59 Å². The van der Waals surface area contributed by atoms with Gasteiger partial charge >= 0.3 is 0 Å². The molecule has 176 valence electrons. The van der Waals surface area contributed by atoms with E-state index in [0.29, 0.717) is 24.5 Å². The number of aliphatic imine (C=N–C) groups is 1. The molecule has 8 heteroatoms. The summed E-state index contributed by atoms with van der Waals surface area (Å²) in [5, 5.41) is 2.94. The summed E-state index contributed by atoms with van der Waals surface area (Å²) in [6.07, 6.45) is 4.35. The molecular formula is C26H28N4O4. The Labute approximate surface area is 198 Å². The molecule has 1 saturated heterocycles. The summed E-state index contributed by atoms with van der Waals surface area (Å²) in [6, 6.07) is 16.6. The molecule has 2 aromatic carbocycles. The maximum atomic E-state index is 12.1. The summed E-state index contributed by atoms with van der Waals surface area (Å²) in [7, 11) is 0. The summed E-state index contributed by atoms with van der Waals surface area (Å²) in [6.45, 7) is 6.88. The zero-order valence-corrected chi connectivity index (χ0v) is 19.1. The first kappa shape index (κ1) is 23.3. The highest BCUT2D eigenvalue weighted by molar-refractivity contribution is 6.19. The van der Waals surface area contributed by atoms with Gasteiger partial charge in [0.1, 0.15) is 22.9 Å². The number of para-hydroxylation sites is 1. The van der Waals surface area contributed by atoms with E-state index in [1.807, 2.05) is 37.3 Å². The van der Waals surface area contributed by atoms with Crippen molar-refractivity contribution in [3.8, 4) is 17.2 Å². The van der Waals surface area contributed by atoms with Crippen LogP contribution in [0.5, 0.6) is 17.2 Å². The average molecular weight is 461 g/mol. The number of hydrogen-bond acceptors (Lipinski definition) is 6. The van der Waals surface area contributed by atoms with Crippen molar-refractivity contribution < 1.29 is 19.1 Å². The van der Waals surface area contributed by atoms with Gasteiger partial charge in [-0.05, 0) is 55.8 Å². The Morgan fingerprint density at radius 2 is 1.76 bits per heavy atom. The number of primary amides is 1. The minimum absolute atomic E-state index is 0.0144. The van der Waals surface area contributed by atoms with Gasteiger partial charge in [0.2, 0.25) is 11.8 Å². The van der Waals surface area contributed by atoms with Crippen LogP contribution in [0.2, 0.25) is 0 Å². The number of hydrogen-bond donors (Lipinski definition) is 2. The number of nitrogens with one attached hydrogen (secondary N) is 1. The number of carbonyl (C=O) groups excluding carboxylic acids is 2. The Kier molecular flexibility index (Phi) is 6.79. The number of carbonyl (C=O) groups is 2. The second-order valence-electron chi connectivity index (χ2n) is 8.45. The molecule has 8 nitrogen and oxygen atoms in total. The fourth-order valence-electron chi connectivity index (χ4n) is 4.08. The van der Waals surface area contributed by atoms with E-state index in [1.165, 1.54) is 6.08 Å². The lowest BCUT2D eigenvalue weighted by Crippen LogP contribution is -2.48. The van der Waals surface area contributed by atoms with E-state index < -0.39 is 11.6 Å². The number of amides is 2. The minimum Gasteiger partial charge on any atom is -0.457 e. The van der Waals surface area contributed by atoms with E-state index in [2.05, 4.69) is 16.8 Å². The third kappa shape index (κ3) is 5.35. The number of dihydropyridines is 1.